The molecule has 1 aliphatic carbocycles. The van der Waals surface area contributed by atoms with E-state index in [4.69, 9.17) is 9.47 Å². The number of aliphatic imine (C=N–C) groups is 1. The predicted molar refractivity (Wildman–Crippen MR) is 89.7 cm³/mol. The van der Waals surface area contributed by atoms with E-state index in [2.05, 4.69) is 27.8 Å². The van der Waals surface area contributed by atoms with Crippen LogP contribution < -0.4 is 20.1 Å². The van der Waals surface area contributed by atoms with Crippen LogP contribution in [0.15, 0.2) is 41.4 Å². The first kappa shape index (κ1) is 16.2. The van der Waals surface area contributed by atoms with E-state index in [-0.39, 0.29) is 6.10 Å². The molecule has 0 radical (unpaired) electrons. The molecule has 0 heterocycles. The summed E-state index contributed by atoms with van der Waals surface area (Å²) in [6.45, 7) is 2.70. The van der Waals surface area contributed by atoms with Gasteiger partial charge in [0, 0.05) is 19.2 Å². The molecular formula is C17H25N3O2. The molecular weight excluding hydrogens is 278 g/mol. The van der Waals surface area contributed by atoms with Gasteiger partial charge in [-0.05, 0) is 31.9 Å². The zero-order chi connectivity index (χ0) is 15.8. The lowest BCUT2D eigenvalue weighted by Crippen LogP contribution is -2.45. The van der Waals surface area contributed by atoms with Crippen LogP contribution >= 0.6 is 0 Å². The van der Waals surface area contributed by atoms with Crippen LogP contribution in [0.3, 0.4) is 0 Å². The van der Waals surface area contributed by atoms with Crippen LogP contribution in [0.1, 0.15) is 19.8 Å². The Bertz CT molecular complexity index is 520. The lowest BCUT2D eigenvalue weighted by Gasteiger charge is -2.20. The summed E-state index contributed by atoms with van der Waals surface area (Å²) in [5.41, 5.74) is 0. The zero-order valence-corrected chi connectivity index (χ0v) is 13.5. The molecule has 120 valence electrons. The Hall–Kier alpha value is -2.17. The number of benzene rings is 1. The van der Waals surface area contributed by atoms with Crippen molar-refractivity contribution in [2.24, 2.45) is 4.99 Å². The average Bonchev–Trinajstić information content (AvgIpc) is 3.04. The van der Waals surface area contributed by atoms with Gasteiger partial charge in [0.15, 0.2) is 5.96 Å². The fourth-order valence-corrected chi connectivity index (χ4v) is 2.31. The molecule has 1 aromatic rings. The van der Waals surface area contributed by atoms with Crippen LogP contribution in [0.25, 0.3) is 0 Å². The lowest BCUT2D eigenvalue weighted by molar-refractivity contribution is 0.223. The summed E-state index contributed by atoms with van der Waals surface area (Å²) in [6, 6.07) is 8.07. The summed E-state index contributed by atoms with van der Waals surface area (Å²) in [4.78, 5) is 4.25. The normalized spacial score (nSPS) is 16.4. The number of hydrogen-bond acceptors (Lipinski definition) is 3. The van der Waals surface area contributed by atoms with Gasteiger partial charge < -0.3 is 20.1 Å². The van der Waals surface area contributed by atoms with Gasteiger partial charge >= 0.3 is 0 Å². The Balaban J connectivity index is 1.77. The summed E-state index contributed by atoms with van der Waals surface area (Å²) in [6.07, 6.45) is 6.51. The fraction of sp³-hybridized carbons (Fsp3) is 0.471. The molecule has 0 aromatic heterocycles. The largest absolute Gasteiger partial charge is 0.497 e. The molecule has 2 N–H and O–H groups in total. The number of nitrogens with zero attached hydrogens (tertiary/aromatic N) is 1. The Morgan fingerprint density at radius 2 is 2.05 bits per heavy atom. The predicted octanol–water partition coefficient (Wildman–Crippen LogP) is 2.35. The van der Waals surface area contributed by atoms with E-state index in [1.54, 1.807) is 14.2 Å². The number of nitrogens with one attached hydrogen (secondary N) is 2. The zero-order valence-electron chi connectivity index (χ0n) is 13.5. The van der Waals surface area contributed by atoms with Crippen LogP contribution in [-0.4, -0.2) is 38.8 Å². The highest BCUT2D eigenvalue weighted by molar-refractivity contribution is 5.80. The molecule has 0 amide bonds. The minimum Gasteiger partial charge on any atom is -0.497 e. The maximum Gasteiger partial charge on any atom is 0.191 e. The highest BCUT2D eigenvalue weighted by Crippen LogP contribution is 2.19. The second-order valence-corrected chi connectivity index (χ2v) is 5.34. The Labute approximate surface area is 132 Å². The van der Waals surface area contributed by atoms with E-state index in [0.717, 1.165) is 30.3 Å². The van der Waals surface area contributed by atoms with Gasteiger partial charge in [-0.3, -0.25) is 4.99 Å². The topological polar surface area (TPSA) is 54.9 Å². The summed E-state index contributed by atoms with van der Waals surface area (Å²) in [5, 5.41) is 6.70. The summed E-state index contributed by atoms with van der Waals surface area (Å²) >= 11 is 0. The van der Waals surface area contributed by atoms with Gasteiger partial charge in [-0.1, -0.05) is 18.2 Å². The molecule has 0 aliphatic heterocycles. The van der Waals surface area contributed by atoms with Crippen LogP contribution in [0.4, 0.5) is 0 Å². The number of hydrogen-bond donors (Lipinski definition) is 2. The van der Waals surface area contributed by atoms with Crippen molar-refractivity contribution >= 4 is 5.96 Å². The van der Waals surface area contributed by atoms with Crippen molar-refractivity contribution in [1.82, 2.24) is 10.6 Å². The molecule has 1 aliphatic rings. The molecule has 1 unspecified atom stereocenters. The lowest BCUT2D eigenvalue weighted by atomic mass is 10.2. The van der Waals surface area contributed by atoms with Gasteiger partial charge in [0.1, 0.15) is 17.6 Å². The fourth-order valence-electron chi connectivity index (χ4n) is 2.31. The first-order valence-corrected chi connectivity index (χ1v) is 7.64. The molecule has 1 aromatic carbocycles. The van der Waals surface area contributed by atoms with Crippen LogP contribution in [0.5, 0.6) is 11.5 Å². The van der Waals surface area contributed by atoms with Crippen molar-refractivity contribution in [2.45, 2.75) is 31.9 Å². The average molecular weight is 303 g/mol. The molecule has 5 nitrogen and oxygen atoms in total. The molecule has 0 fully saturated rings. The van der Waals surface area contributed by atoms with Gasteiger partial charge in [0.05, 0.1) is 13.7 Å². The van der Waals surface area contributed by atoms with Crippen molar-refractivity contribution in [1.29, 1.82) is 0 Å². The minimum atomic E-state index is 0.0207. The van der Waals surface area contributed by atoms with Gasteiger partial charge in [-0.15, -0.1) is 0 Å². The first-order valence-electron chi connectivity index (χ1n) is 7.64. The summed E-state index contributed by atoms with van der Waals surface area (Å²) in [7, 11) is 3.43. The van der Waals surface area contributed by atoms with Crippen LogP contribution in [-0.2, 0) is 0 Å². The monoisotopic (exact) mass is 303 g/mol. The van der Waals surface area contributed by atoms with E-state index in [1.165, 1.54) is 0 Å². The van der Waals surface area contributed by atoms with E-state index < -0.39 is 0 Å². The summed E-state index contributed by atoms with van der Waals surface area (Å²) in [5.74, 6) is 2.41. The summed E-state index contributed by atoms with van der Waals surface area (Å²) < 4.78 is 11.1. The third kappa shape index (κ3) is 4.98. The molecule has 2 rings (SSSR count). The number of guanidine groups is 1. The quantitative estimate of drug-likeness (QED) is 0.481. The molecule has 1 atom stereocenters. The van der Waals surface area contributed by atoms with E-state index >= 15 is 0 Å². The van der Waals surface area contributed by atoms with E-state index in [1.807, 2.05) is 31.2 Å². The molecule has 0 saturated heterocycles. The molecule has 0 bridgehead atoms. The maximum atomic E-state index is 5.88. The second-order valence-electron chi connectivity index (χ2n) is 5.34. The molecule has 0 spiro atoms. The van der Waals surface area contributed by atoms with Crippen molar-refractivity contribution in [3.05, 3.63) is 36.4 Å². The third-order valence-corrected chi connectivity index (χ3v) is 3.51. The van der Waals surface area contributed by atoms with Crippen molar-refractivity contribution in [3.63, 3.8) is 0 Å². The van der Waals surface area contributed by atoms with Crippen molar-refractivity contribution in [3.8, 4) is 11.5 Å². The van der Waals surface area contributed by atoms with Gasteiger partial charge in [0.2, 0.25) is 0 Å². The smallest absolute Gasteiger partial charge is 0.191 e. The maximum absolute atomic E-state index is 5.88. The SMILES string of the molecule is CN=C(NCC(C)Oc1cccc(OC)c1)NC1CC=CC1. The number of ether oxygens (including phenoxy) is 2. The van der Waals surface area contributed by atoms with Gasteiger partial charge in [-0.25, -0.2) is 0 Å². The molecule has 5 heteroatoms. The second kappa shape index (κ2) is 8.32. The number of methoxy groups -OCH3 is 1. The van der Waals surface area contributed by atoms with E-state index in [9.17, 15) is 0 Å². The Morgan fingerprint density at radius 1 is 1.32 bits per heavy atom. The number of rotatable bonds is 6. The molecule has 22 heavy (non-hydrogen) atoms. The molecule has 0 saturated carbocycles. The van der Waals surface area contributed by atoms with Gasteiger partial charge in [-0.2, -0.15) is 0 Å². The first-order chi connectivity index (χ1) is 10.7. The Kier molecular flexibility index (Phi) is 6.13. The van der Waals surface area contributed by atoms with E-state index in [0.29, 0.717) is 12.6 Å². The van der Waals surface area contributed by atoms with Crippen LogP contribution in [0.2, 0.25) is 0 Å². The van der Waals surface area contributed by atoms with Crippen LogP contribution in [0, 0.1) is 0 Å². The van der Waals surface area contributed by atoms with Crippen molar-refractivity contribution in [2.75, 3.05) is 20.7 Å². The third-order valence-electron chi connectivity index (χ3n) is 3.51. The Morgan fingerprint density at radius 3 is 2.73 bits per heavy atom. The van der Waals surface area contributed by atoms with Gasteiger partial charge in [0.25, 0.3) is 0 Å². The highest BCUT2D eigenvalue weighted by Gasteiger charge is 2.12. The minimum absolute atomic E-state index is 0.0207. The standard InChI is InChI=1S/C17H25N3O2/c1-13(22-16-10-6-9-15(11-16)21-3)12-19-17(18-2)20-14-7-4-5-8-14/h4-6,9-11,13-14H,7-8,12H2,1-3H3,(H2,18,19,20). The highest BCUT2D eigenvalue weighted by atomic mass is 16.5. The van der Waals surface area contributed by atoms with Crippen molar-refractivity contribution < 1.29 is 9.47 Å².